The molecule has 1 unspecified atom stereocenters. The number of carboxylic acid groups (broad SMARTS) is 1. The highest BCUT2D eigenvalue weighted by molar-refractivity contribution is 5.95. The second-order valence-electron chi connectivity index (χ2n) is 5.43. The molecule has 1 aliphatic rings. The minimum Gasteiger partial charge on any atom is -0.481 e. The normalized spacial score (nSPS) is 18.0. The molecular formula is C16H21NO4. The number of carbonyl (C=O) groups is 2. The molecule has 5 nitrogen and oxygen atoms in total. The molecule has 1 atom stereocenters. The van der Waals surface area contributed by atoms with Crippen molar-refractivity contribution in [2.75, 3.05) is 20.2 Å². The molecule has 1 aliphatic heterocycles. The van der Waals surface area contributed by atoms with Gasteiger partial charge in [-0.3, -0.25) is 9.59 Å². The molecule has 5 heteroatoms. The fourth-order valence-electron chi connectivity index (χ4n) is 2.76. The maximum atomic E-state index is 12.6. The molecule has 21 heavy (non-hydrogen) atoms. The van der Waals surface area contributed by atoms with Crippen LogP contribution in [0.5, 0.6) is 0 Å². The van der Waals surface area contributed by atoms with Crippen LogP contribution >= 0.6 is 0 Å². The van der Waals surface area contributed by atoms with E-state index in [1.54, 1.807) is 7.11 Å². The maximum Gasteiger partial charge on any atom is 0.303 e. The summed E-state index contributed by atoms with van der Waals surface area (Å²) in [5.74, 6) is -0.467. The van der Waals surface area contributed by atoms with Gasteiger partial charge in [-0.2, -0.15) is 0 Å². The number of likely N-dealkylation sites (tertiary alicyclic amines) is 1. The highest BCUT2D eigenvalue weighted by Gasteiger charge is 2.28. The zero-order valence-corrected chi connectivity index (χ0v) is 12.2. The fraction of sp³-hybridized carbons (Fsp3) is 0.500. The van der Waals surface area contributed by atoms with E-state index in [1.165, 1.54) is 0 Å². The predicted octanol–water partition coefficient (Wildman–Crippen LogP) is 2.16. The zero-order valence-electron chi connectivity index (χ0n) is 12.2. The lowest BCUT2D eigenvalue weighted by atomic mass is 10.0. The van der Waals surface area contributed by atoms with E-state index in [4.69, 9.17) is 9.84 Å². The van der Waals surface area contributed by atoms with Crippen LogP contribution in [0.15, 0.2) is 24.3 Å². The van der Waals surface area contributed by atoms with Crippen molar-refractivity contribution >= 4 is 11.9 Å². The van der Waals surface area contributed by atoms with Gasteiger partial charge in [-0.05, 0) is 30.4 Å². The summed E-state index contributed by atoms with van der Waals surface area (Å²) in [5.41, 5.74) is 1.57. The van der Waals surface area contributed by atoms with E-state index >= 15 is 0 Å². The average Bonchev–Trinajstić information content (AvgIpc) is 2.94. The predicted molar refractivity (Wildman–Crippen MR) is 78.0 cm³/mol. The standard InChI is InChI=1S/C16H21NO4/c1-21-11-13-4-2-3-5-14(13)16(20)17-9-8-12(10-17)6-7-15(18)19/h2-5,12H,6-11H2,1H3,(H,18,19). The first-order valence-corrected chi connectivity index (χ1v) is 7.19. The summed E-state index contributed by atoms with van der Waals surface area (Å²) >= 11 is 0. The van der Waals surface area contributed by atoms with Crippen molar-refractivity contribution in [3.05, 3.63) is 35.4 Å². The Balaban J connectivity index is 2.00. The van der Waals surface area contributed by atoms with Crippen molar-refractivity contribution in [3.63, 3.8) is 0 Å². The number of hydrogen-bond donors (Lipinski definition) is 1. The smallest absolute Gasteiger partial charge is 0.303 e. The largest absolute Gasteiger partial charge is 0.481 e. The topological polar surface area (TPSA) is 66.8 Å². The summed E-state index contributed by atoms with van der Waals surface area (Å²) in [6.45, 7) is 1.76. The van der Waals surface area contributed by atoms with Crippen LogP contribution in [0.2, 0.25) is 0 Å². The molecule has 2 rings (SSSR count). The Hall–Kier alpha value is -1.88. The quantitative estimate of drug-likeness (QED) is 0.872. The first-order valence-electron chi connectivity index (χ1n) is 7.19. The molecule has 1 aromatic rings. The molecule has 1 heterocycles. The first-order chi connectivity index (χ1) is 10.1. The summed E-state index contributed by atoms with van der Waals surface area (Å²) in [6.07, 6.45) is 1.69. The molecule has 1 N–H and O–H groups in total. The monoisotopic (exact) mass is 291 g/mol. The van der Waals surface area contributed by atoms with Crippen LogP contribution < -0.4 is 0 Å². The third-order valence-electron chi connectivity index (χ3n) is 3.89. The van der Waals surface area contributed by atoms with Crippen molar-refractivity contribution in [1.29, 1.82) is 0 Å². The van der Waals surface area contributed by atoms with Crippen LogP contribution in [-0.4, -0.2) is 42.1 Å². The number of carboxylic acids is 1. The van der Waals surface area contributed by atoms with Gasteiger partial charge in [-0.25, -0.2) is 0 Å². The summed E-state index contributed by atoms with van der Waals surface area (Å²) in [6, 6.07) is 7.46. The molecule has 1 fully saturated rings. The van der Waals surface area contributed by atoms with E-state index in [0.29, 0.717) is 37.6 Å². The van der Waals surface area contributed by atoms with Crippen molar-refractivity contribution < 1.29 is 19.4 Å². The van der Waals surface area contributed by atoms with E-state index in [2.05, 4.69) is 0 Å². The molecule has 0 bridgehead atoms. The number of methoxy groups -OCH3 is 1. The number of hydrogen-bond acceptors (Lipinski definition) is 3. The number of carbonyl (C=O) groups excluding carboxylic acids is 1. The third-order valence-corrected chi connectivity index (χ3v) is 3.89. The highest BCUT2D eigenvalue weighted by Crippen LogP contribution is 2.23. The van der Waals surface area contributed by atoms with Crippen LogP contribution in [0.25, 0.3) is 0 Å². The Bertz CT molecular complexity index is 515. The van der Waals surface area contributed by atoms with E-state index in [9.17, 15) is 9.59 Å². The average molecular weight is 291 g/mol. The van der Waals surface area contributed by atoms with Gasteiger partial charge in [0.2, 0.25) is 0 Å². The van der Waals surface area contributed by atoms with E-state index in [-0.39, 0.29) is 12.3 Å². The van der Waals surface area contributed by atoms with E-state index in [0.717, 1.165) is 12.0 Å². The van der Waals surface area contributed by atoms with Crippen molar-refractivity contribution in [2.45, 2.75) is 25.9 Å². The third kappa shape index (κ3) is 4.04. The van der Waals surface area contributed by atoms with E-state index < -0.39 is 5.97 Å². The Morgan fingerprint density at radius 3 is 2.86 bits per heavy atom. The van der Waals surface area contributed by atoms with Crippen LogP contribution in [0.3, 0.4) is 0 Å². The van der Waals surface area contributed by atoms with Crippen LogP contribution in [-0.2, 0) is 16.1 Å². The number of rotatable bonds is 6. The van der Waals surface area contributed by atoms with Gasteiger partial charge in [0.15, 0.2) is 0 Å². The molecule has 0 aliphatic carbocycles. The van der Waals surface area contributed by atoms with Gasteiger partial charge in [0.25, 0.3) is 5.91 Å². The molecule has 0 aromatic heterocycles. The van der Waals surface area contributed by atoms with Crippen LogP contribution in [0.1, 0.15) is 35.2 Å². The van der Waals surface area contributed by atoms with Gasteiger partial charge in [0.05, 0.1) is 6.61 Å². The summed E-state index contributed by atoms with van der Waals surface area (Å²) in [7, 11) is 1.61. The van der Waals surface area contributed by atoms with Gasteiger partial charge in [0, 0.05) is 32.2 Å². The molecular weight excluding hydrogens is 270 g/mol. The van der Waals surface area contributed by atoms with Crippen LogP contribution in [0.4, 0.5) is 0 Å². The van der Waals surface area contributed by atoms with Gasteiger partial charge in [-0.15, -0.1) is 0 Å². The maximum absolute atomic E-state index is 12.6. The van der Waals surface area contributed by atoms with Gasteiger partial charge in [0.1, 0.15) is 0 Å². The van der Waals surface area contributed by atoms with Crippen molar-refractivity contribution in [3.8, 4) is 0 Å². The number of nitrogens with zero attached hydrogens (tertiary/aromatic N) is 1. The number of ether oxygens (including phenoxy) is 1. The number of amides is 1. The van der Waals surface area contributed by atoms with Crippen molar-refractivity contribution in [2.24, 2.45) is 5.92 Å². The highest BCUT2D eigenvalue weighted by atomic mass is 16.5. The van der Waals surface area contributed by atoms with E-state index in [1.807, 2.05) is 29.2 Å². The molecule has 1 saturated heterocycles. The summed E-state index contributed by atoms with van der Waals surface area (Å²) < 4.78 is 5.13. The number of benzene rings is 1. The lowest BCUT2D eigenvalue weighted by molar-refractivity contribution is -0.137. The first kappa shape index (κ1) is 15.5. The SMILES string of the molecule is COCc1ccccc1C(=O)N1CCC(CCC(=O)O)C1. The molecule has 114 valence electrons. The second kappa shape index (κ2) is 7.22. The minimum absolute atomic E-state index is 0.0143. The van der Waals surface area contributed by atoms with Gasteiger partial charge >= 0.3 is 5.97 Å². The Morgan fingerprint density at radius 2 is 2.14 bits per heavy atom. The van der Waals surface area contributed by atoms with Crippen molar-refractivity contribution in [1.82, 2.24) is 4.90 Å². The van der Waals surface area contributed by atoms with Gasteiger partial charge in [-0.1, -0.05) is 18.2 Å². The Labute approximate surface area is 124 Å². The Morgan fingerprint density at radius 1 is 1.38 bits per heavy atom. The second-order valence-corrected chi connectivity index (χ2v) is 5.43. The lowest BCUT2D eigenvalue weighted by Gasteiger charge is -2.18. The Kier molecular flexibility index (Phi) is 5.33. The zero-order chi connectivity index (χ0) is 15.2. The summed E-state index contributed by atoms with van der Waals surface area (Å²) in [5, 5.41) is 8.73. The molecule has 0 saturated carbocycles. The fourth-order valence-corrected chi connectivity index (χ4v) is 2.76. The molecule has 1 aromatic carbocycles. The number of aliphatic carboxylic acids is 1. The lowest BCUT2D eigenvalue weighted by Crippen LogP contribution is -2.29. The molecule has 0 radical (unpaired) electrons. The molecule has 0 spiro atoms. The van der Waals surface area contributed by atoms with Crippen LogP contribution in [0, 0.1) is 5.92 Å². The summed E-state index contributed by atoms with van der Waals surface area (Å²) in [4.78, 5) is 25.0. The van der Waals surface area contributed by atoms with Gasteiger partial charge < -0.3 is 14.7 Å². The minimum atomic E-state index is -0.773. The molecule has 1 amide bonds.